The van der Waals surface area contributed by atoms with E-state index in [-0.39, 0.29) is 28.0 Å². The summed E-state index contributed by atoms with van der Waals surface area (Å²) < 4.78 is 19.0. The number of carbonyl (C=O) groups excluding carboxylic acids is 2. The number of carbonyl (C=O) groups is 2. The minimum absolute atomic E-state index is 0.0182. The average Bonchev–Trinajstić information content (AvgIpc) is 2.53. The topological polar surface area (TPSA) is 56.3 Å². The Bertz CT molecular complexity index is 866. The summed E-state index contributed by atoms with van der Waals surface area (Å²) in [6, 6.07) is 6.12. The SMILES string of the molecule is CCOC(=O)C(=O)/C=C/c1c(-c2ccc(C)cc2F)cc(Cl)nc1Cl. The van der Waals surface area contributed by atoms with Crippen molar-refractivity contribution < 1.29 is 18.7 Å². The van der Waals surface area contributed by atoms with Gasteiger partial charge in [0.15, 0.2) is 0 Å². The number of benzene rings is 1. The lowest BCUT2D eigenvalue weighted by atomic mass is 9.99. The Kier molecular flexibility index (Phi) is 6.28. The lowest BCUT2D eigenvalue weighted by molar-refractivity contribution is -0.151. The molecule has 1 heterocycles. The number of aromatic nitrogens is 1. The smallest absolute Gasteiger partial charge is 0.379 e. The van der Waals surface area contributed by atoms with Crippen LogP contribution in [0.15, 0.2) is 30.3 Å². The largest absolute Gasteiger partial charge is 0.460 e. The van der Waals surface area contributed by atoms with E-state index in [0.717, 1.165) is 11.6 Å². The molecule has 0 aliphatic heterocycles. The molecule has 0 amide bonds. The number of hydrogen-bond acceptors (Lipinski definition) is 4. The Morgan fingerprint density at radius 2 is 1.96 bits per heavy atom. The number of aryl methyl sites for hydroxylation is 1. The van der Waals surface area contributed by atoms with Crippen molar-refractivity contribution in [2.45, 2.75) is 13.8 Å². The zero-order valence-corrected chi connectivity index (χ0v) is 15.0. The molecule has 0 aliphatic carbocycles. The maximum absolute atomic E-state index is 14.3. The molecule has 0 bridgehead atoms. The number of nitrogens with zero attached hydrogens (tertiary/aromatic N) is 1. The number of ketones is 1. The summed E-state index contributed by atoms with van der Waals surface area (Å²) in [6.45, 7) is 3.44. The predicted octanol–water partition coefficient (Wildman–Crippen LogP) is 4.65. The van der Waals surface area contributed by atoms with Crippen molar-refractivity contribution in [3.63, 3.8) is 0 Å². The predicted molar refractivity (Wildman–Crippen MR) is 95.1 cm³/mol. The van der Waals surface area contributed by atoms with E-state index in [2.05, 4.69) is 9.72 Å². The second kappa shape index (κ2) is 8.23. The highest BCUT2D eigenvalue weighted by molar-refractivity contribution is 6.39. The standard InChI is InChI=1S/C18H14Cl2FNO3/c1-3-25-18(24)15(23)7-6-12-13(9-16(19)22-17(12)20)11-5-4-10(2)8-14(11)21/h4-9H,3H2,1-2H3/b7-6+. The fraction of sp³-hybridized carbons (Fsp3) is 0.167. The van der Waals surface area contributed by atoms with Crippen LogP contribution in [0, 0.1) is 12.7 Å². The van der Waals surface area contributed by atoms with Gasteiger partial charge in [0, 0.05) is 11.1 Å². The Hall–Kier alpha value is -2.24. The molecule has 0 N–H and O–H groups in total. The van der Waals surface area contributed by atoms with Crippen molar-refractivity contribution in [1.29, 1.82) is 0 Å². The molecule has 7 heteroatoms. The van der Waals surface area contributed by atoms with Gasteiger partial charge >= 0.3 is 5.97 Å². The Labute approximate surface area is 154 Å². The van der Waals surface area contributed by atoms with Crippen LogP contribution in [0.2, 0.25) is 10.3 Å². The van der Waals surface area contributed by atoms with E-state index in [1.807, 2.05) is 0 Å². The van der Waals surface area contributed by atoms with Crippen LogP contribution in [0.3, 0.4) is 0 Å². The molecule has 0 saturated heterocycles. The molecule has 0 atom stereocenters. The number of halogens is 3. The van der Waals surface area contributed by atoms with Gasteiger partial charge in [-0.05, 0) is 49.3 Å². The van der Waals surface area contributed by atoms with Crippen LogP contribution in [0.25, 0.3) is 17.2 Å². The molecular formula is C18H14Cl2FNO3. The maximum Gasteiger partial charge on any atom is 0.379 e. The number of ether oxygens (including phenoxy) is 1. The van der Waals surface area contributed by atoms with Gasteiger partial charge in [-0.15, -0.1) is 0 Å². The van der Waals surface area contributed by atoms with Crippen molar-refractivity contribution in [1.82, 2.24) is 4.98 Å². The molecule has 0 saturated carbocycles. The first-order valence-corrected chi connectivity index (χ1v) is 8.10. The first-order valence-electron chi connectivity index (χ1n) is 7.35. The molecule has 2 aromatic rings. The van der Waals surface area contributed by atoms with Gasteiger partial charge < -0.3 is 4.74 Å². The number of pyridine rings is 1. The quantitative estimate of drug-likeness (QED) is 0.327. The highest BCUT2D eigenvalue weighted by atomic mass is 35.5. The highest BCUT2D eigenvalue weighted by Crippen LogP contribution is 2.33. The summed E-state index contributed by atoms with van der Waals surface area (Å²) in [5.74, 6) is -2.31. The van der Waals surface area contributed by atoms with Crippen LogP contribution in [0.1, 0.15) is 18.1 Å². The van der Waals surface area contributed by atoms with Gasteiger partial charge in [-0.3, -0.25) is 4.79 Å². The van der Waals surface area contributed by atoms with E-state index < -0.39 is 17.6 Å². The zero-order chi connectivity index (χ0) is 18.6. The average molecular weight is 382 g/mol. The summed E-state index contributed by atoms with van der Waals surface area (Å²) in [5.41, 5.74) is 1.63. The lowest BCUT2D eigenvalue weighted by Gasteiger charge is -2.10. The van der Waals surface area contributed by atoms with Gasteiger partial charge in [0.2, 0.25) is 0 Å². The molecule has 4 nitrogen and oxygen atoms in total. The molecule has 25 heavy (non-hydrogen) atoms. The summed E-state index contributed by atoms with van der Waals surface area (Å²) in [7, 11) is 0. The third kappa shape index (κ3) is 4.65. The number of rotatable bonds is 5. The number of hydrogen-bond donors (Lipinski definition) is 0. The molecule has 0 spiro atoms. The van der Waals surface area contributed by atoms with Gasteiger partial charge in [-0.25, -0.2) is 14.2 Å². The maximum atomic E-state index is 14.3. The van der Waals surface area contributed by atoms with Crippen molar-refractivity contribution in [2.75, 3.05) is 6.61 Å². The van der Waals surface area contributed by atoms with Crippen molar-refractivity contribution in [3.8, 4) is 11.1 Å². The van der Waals surface area contributed by atoms with Gasteiger partial charge in [0.25, 0.3) is 5.78 Å². The Morgan fingerprint density at radius 3 is 2.60 bits per heavy atom. The van der Waals surface area contributed by atoms with Crippen LogP contribution >= 0.6 is 23.2 Å². The van der Waals surface area contributed by atoms with Crippen molar-refractivity contribution in [3.05, 3.63) is 57.6 Å². The zero-order valence-electron chi connectivity index (χ0n) is 13.5. The van der Waals surface area contributed by atoms with Crippen molar-refractivity contribution >= 4 is 41.0 Å². The summed E-state index contributed by atoms with van der Waals surface area (Å²) in [6.07, 6.45) is 2.30. The van der Waals surface area contributed by atoms with Crippen LogP contribution < -0.4 is 0 Å². The van der Waals surface area contributed by atoms with E-state index >= 15 is 0 Å². The minimum atomic E-state index is -0.986. The molecule has 130 valence electrons. The second-order valence-electron chi connectivity index (χ2n) is 5.10. The van der Waals surface area contributed by atoms with Gasteiger partial charge in [0.05, 0.1) is 6.61 Å². The van der Waals surface area contributed by atoms with E-state index in [9.17, 15) is 14.0 Å². The molecule has 0 unspecified atom stereocenters. The third-order valence-electron chi connectivity index (χ3n) is 3.27. The van der Waals surface area contributed by atoms with Crippen molar-refractivity contribution in [2.24, 2.45) is 0 Å². The molecule has 1 aromatic heterocycles. The van der Waals surface area contributed by atoms with Crippen LogP contribution in [0.5, 0.6) is 0 Å². The third-order valence-corrected chi connectivity index (χ3v) is 3.76. The molecule has 0 radical (unpaired) electrons. The Morgan fingerprint density at radius 1 is 1.24 bits per heavy atom. The number of esters is 1. The monoisotopic (exact) mass is 381 g/mol. The van der Waals surface area contributed by atoms with Crippen LogP contribution in [0.4, 0.5) is 4.39 Å². The molecule has 0 aliphatic rings. The fourth-order valence-electron chi connectivity index (χ4n) is 2.14. The summed E-state index contributed by atoms with van der Waals surface area (Å²) in [4.78, 5) is 27.0. The van der Waals surface area contributed by atoms with E-state index in [1.54, 1.807) is 26.0 Å². The molecular weight excluding hydrogens is 368 g/mol. The second-order valence-corrected chi connectivity index (χ2v) is 5.84. The van der Waals surface area contributed by atoms with E-state index in [0.29, 0.717) is 5.56 Å². The van der Waals surface area contributed by atoms with E-state index in [1.165, 1.54) is 18.2 Å². The van der Waals surface area contributed by atoms with Crippen LogP contribution in [-0.4, -0.2) is 23.3 Å². The Balaban J connectivity index is 2.51. The first kappa shape index (κ1) is 19.1. The molecule has 0 fully saturated rings. The summed E-state index contributed by atoms with van der Waals surface area (Å²) >= 11 is 12.0. The van der Waals surface area contributed by atoms with Crippen LogP contribution in [-0.2, 0) is 14.3 Å². The lowest BCUT2D eigenvalue weighted by Crippen LogP contribution is -2.14. The van der Waals surface area contributed by atoms with Gasteiger partial charge in [-0.1, -0.05) is 35.3 Å². The molecule has 2 rings (SSSR count). The minimum Gasteiger partial charge on any atom is -0.460 e. The highest BCUT2D eigenvalue weighted by Gasteiger charge is 2.16. The molecule has 1 aromatic carbocycles. The fourth-order valence-corrected chi connectivity index (χ4v) is 2.64. The van der Waals surface area contributed by atoms with Gasteiger partial charge in [0.1, 0.15) is 16.1 Å². The van der Waals surface area contributed by atoms with Gasteiger partial charge in [-0.2, -0.15) is 0 Å². The summed E-state index contributed by atoms with van der Waals surface area (Å²) in [5, 5.41) is 0.0595. The van der Waals surface area contributed by atoms with E-state index in [4.69, 9.17) is 23.2 Å². The first-order chi connectivity index (χ1) is 11.8. The normalized spacial score (nSPS) is 10.9.